The minimum Gasteiger partial charge on any atom is -0.466 e. The molecule has 0 saturated carbocycles. The van der Waals surface area contributed by atoms with E-state index in [1.165, 1.54) is 6.92 Å². The molecule has 5 heteroatoms. The number of halogens is 3. The molecule has 0 rings (SSSR count). The van der Waals surface area contributed by atoms with Gasteiger partial charge >= 0.3 is 12.1 Å². The van der Waals surface area contributed by atoms with E-state index >= 15 is 0 Å². The van der Waals surface area contributed by atoms with Gasteiger partial charge in [0.15, 0.2) is 0 Å². The molecule has 0 aliphatic carbocycles. The SMILES string of the molecule is CCOC(=O)C(C)C(F)(F)F. The van der Waals surface area contributed by atoms with Crippen LogP contribution in [0.25, 0.3) is 0 Å². The van der Waals surface area contributed by atoms with Gasteiger partial charge in [0.05, 0.1) is 6.61 Å². The maximum atomic E-state index is 11.7. The van der Waals surface area contributed by atoms with Crippen LogP contribution in [0.4, 0.5) is 13.2 Å². The molecular weight excluding hydrogens is 161 g/mol. The number of alkyl halides is 3. The van der Waals surface area contributed by atoms with Crippen LogP contribution in [0, 0.1) is 5.92 Å². The highest BCUT2D eigenvalue weighted by Crippen LogP contribution is 2.26. The van der Waals surface area contributed by atoms with Crippen molar-refractivity contribution in [3.8, 4) is 0 Å². The molecule has 1 atom stereocenters. The molecule has 66 valence electrons. The third-order valence-corrected chi connectivity index (χ3v) is 1.13. The molecule has 0 aromatic carbocycles. The Bertz CT molecular complexity index is 141. The average Bonchev–Trinajstić information content (AvgIpc) is 1.85. The molecule has 0 N–H and O–H groups in total. The minimum atomic E-state index is -4.49. The summed E-state index contributed by atoms with van der Waals surface area (Å²) < 4.78 is 39.3. The Hall–Kier alpha value is -0.740. The fourth-order valence-corrected chi connectivity index (χ4v) is 0.401. The van der Waals surface area contributed by atoms with Gasteiger partial charge in [0, 0.05) is 0 Å². The monoisotopic (exact) mass is 170 g/mol. The van der Waals surface area contributed by atoms with Crippen LogP contribution in [0.5, 0.6) is 0 Å². The second-order valence-electron chi connectivity index (χ2n) is 2.02. The van der Waals surface area contributed by atoms with E-state index in [1.807, 2.05) is 0 Å². The summed E-state index contributed by atoms with van der Waals surface area (Å²) in [6.07, 6.45) is -4.49. The molecule has 0 aromatic heterocycles. The lowest BCUT2D eigenvalue weighted by Crippen LogP contribution is -2.29. The highest BCUT2D eigenvalue weighted by atomic mass is 19.4. The first-order valence-electron chi connectivity index (χ1n) is 3.13. The first-order valence-corrected chi connectivity index (χ1v) is 3.13. The van der Waals surface area contributed by atoms with Crippen molar-refractivity contribution in [2.24, 2.45) is 5.92 Å². The number of ether oxygens (including phenoxy) is 1. The Morgan fingerprint density at radius 3 is 2.27 bits per heavy atom. The number of esters is 1. The Morgan fingerprint density at radius 2 is 2.00 bits per heavy atom. The highest BCUT2D eigenvalue weighted by molar-refractivity contribution is 5.72. The molecule has 0 spiro atoms. The summed E-state index contributed by atoms with van der Waals surface area (Å²) in [6, 6.07) is 0. The lowest BCUT2D eigenvalue weighted by atomic mass is 10.2. The van der Waals surface area contributed by atoms with E-state index < -0.39 is 18.1 Å². The Morgan fingerprint density at radius 1 is 1.55 bits per heavy atom. The van der Waals surface area contributed by atoms with Gasteiger partial charge in [0.25, 0.3) is 0 Å². The first-order chi connectivity index (χ1) is 4.89. The Kier molecular flexibility index (Phi) is 3.35. The third-order valence-electron chi connectivity index (χ3n) is 1.13. The third kappa shape index (κ3) is 3.25. The predicted octanol–water partition coefficient (Wildman–Crippen LogP) is 1.75. The molecule has 0 fully saturated rings. The first kappa shape index (κ1) is 10.3. The molecule has 0 radical (unpaired) electrons. The predicted molar refractivity (Wildman–Crippen MR) is 31.9 cm³/mol. The molecule has 2 nitrogen and oxygen atoms in total. The second-order valence-corrected chi connectivity index (χ2v) is 2.02. The standard InChI is InChI=1S/C6H9F3O2/c1-3-11-5(10)4(2)6(7,8)9/h4H,3H2,1-2H3. The molecule has 0 aliphatic heterocycles. The maximum absolute atomic E-state index is 11.7. The molecule has 11 heavy (non-hydrogen) atoms. The van der Waals surface area contributed by atoms with Crippen molar-refractivity contribution >= 4 is 5.97 Å². The van der Waals surface area contributed by atoms with Gasteiger partial charge in [-0.2, -0.15) is 13.2 Å². The number of carbonyl (C=O) groups is 1. The van der Waals surface area contributed by atoms with Gasteiger partial charge in [0.1, 0.15) is 5.92 Å². The molecule has 0 amide bonds. The topological polar surface area (TPSA) is 26.3 Å². The van der Waals surface area contributed by atoms with E-state index in [1.54, 1.807) is 0 Å². The summed E-state index contributed by atoms with van der Waals surface area (Å²) in [5.41, 5.74) is 0. The van der Waals surface area contributed by atoms with Gasteiger partial charge in [0.2, 0.25) is 0 Å². The zero-order chi connectivity index (χ0) is 9.07. The molecule has 1 unspecified atom stereocenters. The van der Waals surface area contributed by atoms with Crippen LogP contribution >= 0.6 is 0 Å². The van der Waals surface area contributed by atoms with Crippen LogP contribution in [-0.2, 0) is 9.53 Å². The highest BCUT2D eigenvalue weighted by Gasteiger charge is 2.42. The average molecular weight is 170 g/mol. The number of hydrogen-bond donors (Lipinski definition) is 0. The molecule has 0 bridgehead atoms. The van der Waals surface area contributed by atoms with Crippen molar-refractivity contribution in [3.05, 3.63) is 0 Å². The summed E-state index contributed by atoms with van der Waals surface area (Å²) in [4.78, 5) is 10.4. The number of hydrogen-bond acceptors (Lipinski definition) is 2. The van der Waals surface area contributed by atoms with Gasteiger partial charge in [-0.25, -0.2) is 0 Å². The van der Waals surface area contributed by atoms with E-state index in [4.69, 9.17) is 0 Å². The van der Waals surface area contributed by atoms with Crippen molar-refractivity contribution < 1.29 is 22.7 Å². The lowest BCUT2D eigenvalue weighted by Gasteiger charge is -2.13. The molecule has 0 heterocycles. The van der Waals surface area contributed by atoms with Gasteiger partial charge in [-0.15, -0.1) is 0 Å². The number of rotatable bonds is 2. The second kappa shape index (κ2) is 3.59. The molecular formula is C6H9F3O2. The lowest BCUT2D eigenvalue weighted by molar-refractivity contribution is -0.193. The maximum Gasteiger partial charge on any atom is 0.401 e. The van der Waals surface area contributed by atoms with Crippen molar-refractivity contribution in [2.45, 2.75) is 20.0 Å². The zero-order valence-electron chi connectivity index (χ0n) is 6.23. The summed E-state index contributed by atoms with van der Waals surface area (Å²) >= 11 is 0. The number of carbonyl (C=O) groups excluding carboxylic acids is 1. The molecule has 0 aromatic rings. The van der Waals surface area contributed by atoms with E-state index in [-0.39, 0.29) is 6.61 Å². The van der Waals surface area contributed by atoms with Crippen LogP contribution in [0.2, 0.25) is 0 Å². The van der Waals surface area contributed by atoms with Crippen LogP contribution < -0.4 is 0 Å². The van der Waals surface area contributed by atoms with Gasteiger partial charge in [-0.1, -0.05) is 0 Å². The van der Waals surface area contributed by atoms with Gasteiger partial charge in [-0.3, -0.25) is 4.79 Å². The van der Waals surface area contributed by atoms with E-state index in [0.717, 1.165) is 6.92 Å². The summed E-state index contributed by atoms with van der Waals surface area (Å²) in [6.45, 7) is 2.21. The summed E-state index contributed by atoms with van der Waals surface area (Å²) in [5, 5.41) is 0. The quantitative estimate of drug-likeness (QED) is 0.590. The van der Waals surface area contributed by atoms with Crippen molar-refractivity contribution in [1.29, 1.82) is 0 Å². The van der Waals surface area contributed by atoms with Crippen LogP contribution in [0.15, 0.2) is 0 Å². The Balaban J connectivity index is 4.03. The van der Waals surface area contributed by atoms with Crippen molar-refractivity contribution in [1.82, 2.24) is 0 Å². The Labute approximate surface area is 62.3 Å². The van der Waals surface area contributed by atoms with Crippen molar-refractivity contribution in [3.63, 3.8) is 0 Å². The fourth-order valence-electron chi connectivity index (χ4n) is 0.401. The van der Waals surface area contributed by atoms with Crippen LogP contribution in [0.3, 0.4) is 0 Å². The summed E-state index contributed by atoms with van der Waals surface area (Å²) in [7, 11) is 0. The minimum absolute atomic E-state index is 0.0285. The van der Waals surface area contributed by atoms with Gasteiger partial charge < -0.3 is 4.74 Å². The van der Waals surface area contributed by atoms with Gasteiger partial charge in [-0.05, 0) is 13.8 Å². The smallest absolute Gasteiger partial charge is 0.401 e. The van der Waals surface area contributed by atoms with Crippen LogP contribution in [0.1, 0.15) is 13.8 Å². The van der Waals surface area contributed by atoms with E-state index in [0.29, 0.717) is 0 Å². The zero-order valence-corrected chi connectivity index (χ0v) is 6.23. The molecule has 0 saturated heterocycles. The molecule has 0 aliphatic rings. The normalized spacial score (nSPS) is 14.3. The summed E-state index contributed by atoms with van der Waals surface area (Å²) in [5.74, 6) is -3.25. The fraction of sp³-hybridized carbons (Fsp3) is 0.833. The van der Waals surface area contributed by atoms with E-state index in [2.05, 4.69) is 4.74 Å². The van der Waals surface area contributed by atoms with E-state index in [9.17, 15) is 18.0 Å². The largest absolute Gasteiger partial charge is 0.466 e. The van der Waals surface area contributed by atoms with Crippen LogP contribution in [-0.4, -0.2) is 18.8 Å². The van der Waals surface area contributed by atoms with Crippen molar-refractivity contribution in [2.75, 3.05) is 6.61 Å².